The van der Waals surface area contributed by atoms with Gasteiger partial charge in [0.1, 0.15) is 0 Å². The molecule has 0 aromatic heterocycles. The maximum Gasteiger partial charge on any atom is 0.0227 e. The van der Waals surface area contributed by atoms with Crippen molar-refractivity contribution >= 4 is 48.7 Å². The molecule has 0 spiro atoms. The highest BCUT2D eigenvalue weighted by Gasteiger charge is 2.36. The second-order valence-corrected chi connectivity index (χ2v) is 17.7. The van der Waals surface area contributed by atoms with Crippen molar-refractivity contribution in [3.8, 4) is 55.6 Å². The summed E-state index contributed by atoms with van der Waals surface area (Å²) in [6, 6.07) is 85.2. The molecule has 0 heterocycles. The summed E-state index contributed by atoms with van der Waals surface area (Å²) >= 11 is 0. The Labute approximate surface area is 381 Å². The molecule has 1 unspecified atom stereocenters. The van der Waals surface area contributed by atoms with Gasteiger partial charge in [-0.3, -0.25) is 0 Å². The highest BCUT2D eigenvalue weighted by atomic mass is 14.4. The Morgan fingerprint density at radius 2 is 0.631 bits per heavy atom. The van der Waals surface area contributed by atoms with Crippen molar-refractivity contribution in [2.45, 2.75) is 18.8 Å². The van der Waals surface area contributed by atoms with Gasteiger partial charge in [0.05, 0.1) is 0 Å². The summed E-state index contributed by atoms with van der Waals surface area (Å²) in [7, 11) is 0. The van der Waals surface area contributed by atoms with Crippen LogP contribution in [0.5, 0.6) is 0 Å². The third-order valence-corrected chi connectivity index (χ3v) is 14.0. The first-order chi connectivity index (χ1) is 32.2. The summed E-state index contributed by atoms with van der Waals surface area (Å²) in [5.41, 5.74) is 16.1. The maximum absolute atomic E-state index is 2.47. The minimum Gasteiger partial charge on any atom is -0.0833 e. The molecule has 0 saturated heterocycles. The fourth-order valence-corrected chi connectivity index (χ4v) is 11.0. The van der Waals surface area contributed by atoms with Crippen LogP contribution in [0.3, 0.4) is 0 Å². The monoisotopic (exact) mass is 826 g/mol. The van der Waals surface area contributed by atoms with E-state index in [0.717, 1.165) is 6.42 Å². The fraction of sp³-hybridized carbons (Fsp3) is 0.0462. The molecule has 1 aliphatic rings. The normalized spacial score (nSPS) is 14.9. The Bertz CT molecular complexity index is 3530. The van der Waals surface area contributed by atoms with Gasteiger partial charge in [-0.2, -0.15) is 0 Å². The predicted octanol–water partition coefficient (Wildman–Crippen LogP) is 17.9. The molecular weight excluding hydrogens is 781 g/mol. The van der Waals surface area contributed by atoms with Crippen LogP contribution in [-0.4, -0.2) is 0 Å². The molecule has 11 aromatic rings. The second-order valence-electron chi connectivity index (χ2n) is 17.7. The van der Waals surface area contributed by atoms with E-state index in [4.69, 9.17) is 0 Å². The van der Waals surface area contributed by atoms with Crippen molar-refractivity contribution in [1.82, 2.24) is 0 Å². The van der Waals surface area contributed by atoms with Gasteiger partial charge in [0, 0.05) is 5.41 Å². The van der Waals surface area contributed by atoms with Gasteiger partial charge in [0.25, 0.3) is 0 Å². The predicted molar refractivity (Wildman–Crippen MR) is 279 cm³/mol. The first-order valence-corrected chi connectivity index (χ1v) is 22.8. The number of fused-ring (bicyclic) bond motifs is 4. The lowest BCUT2D eigenvalue weighted by molar-refractivity contribution is 0.632. The largest absolute Gasteiger partial charge is 0.0833 e. The lowest BCUT2D eigenvalue weighted by Gasteiger charge is -2.37. The molecule has 0 heteroatoms. The maximum atomic E-state index is 2.47. The summed E-state index contributed by atoms with van der Waals surface area (Å²) in [4.78, 5) is 0. The molecule has 11 aromatic carbocycles. The van der Waals surface area contributed by atoms with Crippen LogP contribution in [0.15, 0.2) is 249 Å². The molecule has 1 atom stereocenters. The Balaban J connectivity index is 1.08. The number of hydrogen-bond donors (Lipinski definition) is 0. The van der Waals surface area contributed by atoms with Crippen molar-refractivity contribution in [3.63, 3.8) is 0 Å². The molecule has 0 aliphatic heterocycles. The van der Waals surface area contributed by atoms with E-state index in [-0.39, 0.29) is 5.41 Å². The van der Waals surface area contributed by atoms with Gasteiger partial charge in [0.15, 0.2) is 0 Å². The lowest BCUT2D eigenvalue weighted by Crippen LogP contribution is -2.26. The van der Waals surface area contributed by atoms with Crippen molar-refractivity contribution in [1.29, 1.82) is 0 Å². The Morgan fingerprint density at radius 3 is 1.11 bits per heavy atom. The molecule has 0 bridgehead atoms. The molecule has 0 amide bonds. The van der Waals surface area contributed by atoms with E-state index in [9.17, 15) is 0 Å². The summed E-state index contributed by atoms with van der Waals surface area (Å²) in [6.07, 6.45) is 7.86. The molecule has 0 N–H and O–H groups in total. The van der Waals surface area contributed by atoms with Gasteiger partial charge >= 0.3 is 0 Å². The van der Waals surface area contributed by atoms with E-state index in [2.05, 4.69) is 256 Å². The first kappa shape index (κ1) is 38.6. The zero-order chi connectivity index (χ0) is 43.3. The van der Waals surface area contributed by atoms with E-state index in [1.54, 1.807) is 0 Å². The Morgan fingerprint density at radius 1 is 0.292 bits per heavy atom. The number of allylic oxidation sites excluding steroid dienone is 4. The smallest absolute Gasteiger partial charge is 0.0227 e. The average molecular weight is 827 g/mol. The summed E-state index contributed by atoms with van der Waals surface area (Å²) in [5, 5.41) is 10.2. The topological polar surface area (TPSA) is 0 Å². The SMILES string of the molecule is CC1(c2c3ccccc3c(-c3c4ccccc4c(-c4ccccc4-c4ccc(-c5ccccc5)cc4)c4ccccc34)c3ccccc23)CC=CC=C1c1ccc(-c2ccccc2)cc1. The molecule has 65 heavy (non-hydrogen) atoms. The van der Waals surface area contributed by atoms with E-state index in [1.807, 2.05) is 0 Å². The van der Waals surface area contributed by atoms with Gasteiger partial charge in [-0.05, 0) is 122 Å². The van der Waals surface area contributed by atoms with Crippen LogP contribution in [-0.2, 0) is 5.41 Å². The number of rotatable bonds is 7. The minimum absolute atomic E-state index is 0.294. The molecule has 0 saturated carbocycles. The van der Waals surface area contributed by atoms with Crippen molar-refractivity contribution in [2.24, 2.45) is 0 Å². The first-order valence-electron chi connectivity index (χ1n) is 22.8. The van der Waals surface area contributed by atoms with Crippen LogP contribution in [0.2, 0.25) is 0 Å². The molecule has 0 nitrogen and oxygen atoms in total. The highest BCUT2D eigenvalue weighted by Crippen LogP contribution is 2.54. The fourth-order valence-electron chi connectivity index (χ4n) is 11.0. The van der Waals surface area contributed by atoms with Crippen LogP contribution < -0.4 is 0 Å². The molecule has 1 aliphatic carbocycles. The van der Waals surface area contributed by atoms with E-state index < -0.39 is 0 Å². The molecule has 12 rings (SSSR count). The third-order valence-electron chi connectivity index (χ3n) is 14.0. The quantitative estimate of drug-likeness (QED) is 0.140. The third kappa shape index (κ3) is 6.44. The van der Waals surface area contributed by atoms with E-state index in [0.29, 0.717) is 0 Å². The highest BCUT2D eigenvalue weighted by molar-refractivity contribution is 6.28. The molecule has 306 valence electrons. The standard InChI is InChI=1S/C65H46/c1-65(43-19-18-34-60(65)49-41-37-47(38-42-49)45-22-6-3-7-23-45)64-58-32-16-14-30-56(58)63(57-31-15-17-33-59(57)64)62-54-28-12-10-26-52(54)61(53-27-11-13-29-55(53)62)51-25-9-8-24-50(51)48-39-35-46(36-40-48)44-20-4-2-5-21-44/h2-42H,43H2,1H3. The van der Waals surface area contributed by atoms with Crippen LogP contribution >= 0.6 is 0 Å². The average Bonchev–Trinajstić information content (AvgIpc) is 3.38. The van der Waals surface area contributed by atoms with E-state index in [1.165, 1.54) is 115 Å². The summed E-state index contributed by atoms with van der Waals surface area (Å²) in [5.74, 6) is 0. The Kier molecular flexibility index (Phi) is 9.46. The second kappa shape index (κ2) is 15.9. The minimum atomic E-state index is -0.294. The van der Waals surface area contributed by atoms with Crippen molar-refractivity contribution in [3.05, 3.63) is 260 Å². The van der Waals surface area contributed by atoms with Crippen LogP contribution in [0.4, 0.5) is 0 Å². The van der Waals surface area contributed by atoms with Gasteiger partial charge in [-0.25, -0.2) is 0 Å². The number of hydrogen-bond acceptors (Lipinski definition) is 0. The van der Waals surface area contributed by atoms with Crippen molar-refractivity contribution < 1.29 is 0 Å². The molecular formula is C65H46. The summed E-state index contributed by atoms with van der Waals surface area (Å²) < 4.78 is 0. The van der Waals surface area contributed by atoms with Crippen molar-refractivity contribution in [2.75, 3.05) is 0 Å². The van der Waals surface area contributed by atoms with Gasteiger partial charge in [-0.15, -0.1) is 0 Å². The molecule has 0 radical (unpaired) electrons. The van der Waals surface area contributed by atoms with Crippen LogP contribution in [0, 0.1) is 0 Å². The van der Waals surface area contributed by atoms with Gasteiger partial charge < -0.3 is 0 Å². The van der Waals surface area contributed by atoms with Gasteiger partial charge in [0.2, 0.25) is 0 Å². The van der Waals surface area contributed by atoms with E-state index >= 15 is 0 Å². The lowest BCUT2D eigenvalue weighted by atomic mass is 9.66. The summed E-state index contributed by atoms with van der Waals surface area (Å²) in [6.45, 7) is 2.47. The van der Waals surface area contributed by atoms with Crippen LogP contribution in [0.1, 0.15) is 24.5 Å². The zero-order valence-electron chi connectivity index (χ0n) is 36.4. The Hall–Kier alpha value is -8.06. The number of benzene rings is 11. The van der Waals surface area contributed by atoms with Gasteiger partial charge in [-0.1, -0.05) is 256 Å². The zero-order valence-corrected chi connectivity index (χ0v) is 36.4. The van der Waals surface area contributed by atoms with Crippen LogP contribution in [0.25, 0.3) is 104 Å². The molecule has 0 fully saturated rings.